The lowest BCUT2D eigenvalue weighted by Gasteiger charge is -2.16. The van der Waals surface area contributed by atoms with E-state index < -0.39 is 0 Å². The third kappa shape index (κ3) is 2.94. The molecule has 1 N–H and O–H groups in total. The number of methoxy groups -OCH3 is 1. The highest BCUT2D eigenvalue weighted by molar-refractivity contribution is 5.40. The van der Waals surface area contributed by atoms with E-state index >= 15 is 0 Å². The maximum absolute atomic E-state index is 5.35. The molecule has 0 amide bonds. The first-order valence-electron chi connectivity index (χ1n) is 7.77. The highest BCUT2D eigenvalue weighted by atomic mass is 16.5. The fraction of sp³-hybridized carbons (Fsp3) is 0.647. The Morgan fingerprint density at radius 2 is 2.05 bits per heavy atom. The minimum atomic E-state index is 0.548. The highest BCUT2D eigenvalue weighted by Gasteiger charge is 2.23. The van der Waals surface area contributed by atoms with Gasteiger partial charge in [-0.1, -0.05) is 31.7 Å². The zero-order valence-corrected chi connectivity index (χ0v) is 12.0. The monoisotopic (exact) mass is 259 g/mol. The van der Waals surface area contributed by atoms with Gasteiger partial charge in [0, 0.05) is 6.04 Å². The van der Waals surface area contributed by atoms with Crippen LogP contribution in [0.2, 0.25) is 0 Å². The molecule has 0 bridgehead atoms. The van der Waals surface area contributed by atoms with Gasteiger partial charge in [-0.05, 0) is 55.0 Å². The lowest BCUT2D eigenvalue weighted by molar-refractivity contribution is 0.412. The number of benzene rings is 1. The van der Waals surface area contributed by atoms with Crippen LogP contribution in [0.3, 0.4) is 0 Å². The summed E-state index contributed by atoms with van der Waals surface area (Å²) >= 11 is 0. The Kier molecular flexibility index (Phi) is 4.07. The SMILES string of the molecule is COc1ccc2c(c1)C(NCCC1CCCC1)CC2. The largest absolute Gasteiger partial charge is 0.497 e. The summed E-state index contributed by atoms with van der Waals surface area (Å²) in [6, 6.07) is 7.08. The van der Waals surface area contributed by atoms with Crippen LogP contribution in [0.15, 0.2) is 18.2 Å². The Bertz CT molecular complexity index is 423. The number of nitrogens with one attached hydrogen (secondary N) is 1. The molecule has 0 spiro atoms. The number of ether oxygens (including phenoxy) is 1. The first-order chi connectivity index (χ1) is 9.36. The van der Waals surface area contributed by atoms with Crippen molar-refractivity contribution in [1.29, 1.82) is 0 Å². The fourth-order valence-electron chi connectivity index (χ4n) is 3.68. The molecule has 0 heterocycles. The Morgan fingerprint density at radius 3 is 2.84 bits per heavy atom. The van der Waals surface area contributed by atoms with Gasteiger partial charge in [0.2, 0.25) is 0 Å². The van der Waals surface area contributed by atoms with E-state index in [0.29, 0.717) is 6.04 Å². The van der Waals surface area contributed by atoms with Crippen molar-refractivity contribution in [2.75, 3.05) is 13.7 Å². The van der Waals surface area contributed by atoms with Gasteiger partial charge >= 0.3 is 0 Å². The van der Waals surface area contributed by atoms with E-state index in [1.165, 1.54) is 62.6 Å². The molecule has 3 rings (SSSR count). The molecule has 2 heteroatoms. The minimum absolute atomic E-state index is 0.548. The second-order valence-corrected chi connectivity index (χ2v) is 6.05. The molecule has 1 saturated carbocycles. The van der Waals surface area contributed by atoms with Gasteiger partial charge < -0.3 is 10.1 Å². The van der Waals surface area contributed by atoms with Crippen molar-refractivity contribution < 1.29 is 4.74 Å². The first-order valence-corrected chi connectivity index (χ1v) is 7.77. The molecule has 19 heavy (non-hydrogen) atoms. The molecule has 0 aliphatic heterocycles. The molecule has 1 aromatic rings. The Labute approximate surface area is 116 Å². The summed E-state index contributed by atoms with van der Waals surface area (Å²) in [6.45, 7) is 1.17. The van der Waals surface area contributed by atoms with E-state index in [1.54, 1.807) is 7.11 Å². The van der Waals surface area contributed by atoms with Crippen LogP contribution in [0, 0.1) is 5.92 Å². The van der Waals surface area contributed by atoms with E-state index in [1.807, 2.05) is 0 Å². The molecular formula is C17H25NO. The normalized spacial score (nSPS) is 22.7. The fourth-order valence-corrected chi connectivity index (χ4v) is 3.68. The van der Waals surface area contributed by atoms with Gasteiger partial charge in [-0.2, -0.15) is 0 Å². The van der Waals surface area contributed by atoms with Crippen molar-refractivity contribution in [3.05, 3.63) is 29.3 Å². The van der Waals surface area contributed by atoms with Gasteiger partial charge in [-0.25, -0.2) is 0 Å². The van der Waals surface area contributed by atoms with E-state index in [2.05, 4.69) is 23.5 Å². The molecule has 0 radical (unpaired) electrons. The topological polar surface area (TPSA) is 21.3 Å². The smallest absolute Gasteiger partial charge is 0.119 e. The van der Waals surface area contributed by atoms with E-state index in [0.717, 1.165) is 11.7 Å². The van der Waals surface area contributed by atoms with Crippen LogP contribution in [0.5, 0.6) is 5.75 Å². The van der Waals surface area contributed by atoms with E-state index in [-0.39, 0.29) is 0 Å². The van der Waals surface area contributed by atoms with Crippen LogP contribution >= 0.6 is 0 Å². The maximum atomic E-state index is 5.35. The first kappa shape index (κ1) is 13.0. The second kappa shape index (κ2) is 5.96. The summed E-state index contributed by atoms with van der Waals surface area (Å²) in [5.74, 6) is 1.97. The van der Waals surface area contributed by atoms with Crippen molar-refractivity contribution in [3.8, 4) is 5.75 Å². The van der Waals surface area contributed by atoms with Crippen LogP contribution < -0.4 is 10.1 Å². The number of rotatable bonds is 5. The Hall–Kier alpha value is -1.02. The Balaban J connectivity index is 1.55. The zero-order chi connectivity index (χ0) is 13.1. The second-order valence-electron chi connectivity index (χ2n) is 6.05. The van der Waals surface area contributed by atoms with Crippen LogP contribution in [0.4, 0.5) is 0 Å². The van der Waals surface area contributed by atoms with E-state index in [9.17, 15) is 0 Å². The maximum Gasteiger partial charge on any atom is 0.119 e. The molecule has 1 unspecified atom stereocenters. The molecule has 2 aliphatic carbocycles. The third-order valence-corrected chi connectivity index (χ3v) is 4.85. The summed E-state index contributed by atoms with van der Waals surface area (Å²) in [6.07, 6.45) is 9.62. The number of hydrogen-bond donors (Lipinski definition) is 1. The van der Waals surface area contributed by atoms with Crippen LogP contribution in [-0.4, -0.2) is 13.7 Å². The molecule has 2 nitrogen and oxygen atoms in total. The van der Waals surface area contributed by atoms with Gasteiger partial charge in [0.05, 0.1) is 7.11 Å². The zero-order valence-electron chi connectivity index (χ0n) is 12.0. The lowest BCUT2D eigenvalue weighted by Crippen LogP contribution is -2.22. The third-order valence-electron chi connectivity index (χ3n) is 4.85. The molecule has 104 valence electrons. The molecule has 1 aromatic carbocycles. The summed E-state index contributed by atoms with van der Waals surface area (Å²) < 4.78 is 5.35. The van der Waals surface area contributed by atoms with Crippen molar-refractivity contribution >= 4 is 0 Å². The number of fused-ring (bicyclic) bond motifs is 1. The molecular weight excluding hydrogens is 234 g/mol. The lowest BCUT2D eigenvalue weighted by atomic mass is 10.0. The summed E-state index contributed by atoms with van der Waals surface area (Å²) in [4.78, 5) is 0. The molecule has 1 atom stereocenters. The van der Waals surface area contributed by atoms with Crippen LogP contribution in [0.1, 0.15) is 55.7 Å². The average Bonchev–Trinajstić information content (AvgIpc) is 3.08. The Morgan fingerprint density at radius 1 is 1.21 bits per heavy atom. The van der Waals surface area contributed by atoms with Gasteiger partial charge in [0.15, 0.2) is 0 Å². The van der Waals surface area contributed by atoms with E-state index in [4.69, 9.17) is 4.74 Å². The minimum Gasteiger partial charge on any atom is -0.497 e. The van der Waals surface area contributed by atoms with Gasteiger partial charge in [0.25, 0.3) is 0 Å². The molecule has 1 fully saturated rings. The van der Waals surface area contributed by atoms with Crippen LogP contribution in [0.25, 0.3) is 0 Å². The summed E-state index contributed by atoms with van der Waals surface area (Å²) in [5.41, 5.74) is 2.96. The van der Waals surface area contributed by atoms with Crippen molar-refractivity contribution in [2.24, 2.45) is 5.92 Å². The van der Waals surface area contributed by atoms with Gasteiger partial charge in [-0.15, -0.1) is 0 Å². The quantitative estimate of drug-likeness (QED) is 0.867. The standard InChI is InChI=1S/C17H25NO/c1-19-15-8-6-14-7-9-17(16(14)12-15)18-11-10-13-4-2-3-5-13/h6,8,12-13,17-18H,2-5,7,9-11H2,1H3. The number of hydrogen-bond acceptors (Lipinski definition) is 2. The average molecular weight is 259 g/mol. The van der Waals surface area contributed by atoms with Crippen LogP contribution in [-0.2, 0) is 6.42 Å². The molecule has 2 aliphatic rings. The summed E-state index contributed by atoms with van der Waals surface area (Å²) in [7, 11) is 1.75. The van der Waals surface area contributed by atoms with Crippen molar-refractivity contribution in [3.63, 3.8) is 0 Å². The molecule has 0 aromatic heterocycles. The number of aryl methyl sites for hydroxylation is 1. The molecule has 0 saturated heterocycles. The van der Waals surface area contributed by atoms with Crippen molar-refractivity contribution in [2.45, 2.75) is 51.0 Å². The predicted molar refractivity (Wildman–Crippen MR) is 78.6 cm³/mol. The highest BCUT2D eigenvalue weighted by Crippen LogP contribution is 2.34. The predicted octanol–water partition coefficient (Wildman–Crippen LogP) is 3.85. The van der Waals surface area contributed by atoms with Gasteiger partial charge in [-0.3, -0.25) is 0 Å². The van der Waals surface area contributed by atoms with Gasteiger partial charge in [0.1, 0.15) is 5.75 Å². The summed E-state index contributed by atoms with van der Waals surface area (Å²) in [5, 5.41) is 3.76. The van der Waals surface area contributed by atoms with Crippen molar-refractivity contribution in [1.82, 2.24) is 5.32 Å².